The van der Waals surface area contributed by atoms with Gasteiger partial charge in [0.15, 0.2) is 0 Å². The van der Waals surface area contributed by atoms with Gasteiger partial charge in [0.2, 0.25) is 0 Å². The first kappa shape index (κ1) is 11.1. The van der Waals surface area contributed by atoms with Crippen LogP contribution < -0.4 is 5.73 Å². The number of nitrogens with zero attached hydrogens (tertiary/aromatic N) is 1. The topological polar surface area (TPSA) is 48.1 Å². The largest absolute Gasteiger partial charge is 0.382 e. The van der Waals surface area contributed by atoms with E-state index in [1.54, 1.807) is 13.3 Å². The third-order valence-electron chi connectivity index (χ3n) is 2.47. The van der Waals surface area contributed by atoms with Crippen molar-refractivity contribution in [3.05, 3.63) is 29.6 Å². The van der Waals surface area contributed by atoms with E-state index in [1.807, 2.05) is 26.1 Å². The fourth-order valence-corrected chi connectivity index (χ4v) is 1.45. The van der Waals surface area contributed by atoms with E-state index in [9.17, 15) is 0 Å². The van der Waals surface area contributed by atoms with Crippen LogP contribution in [0.4, 0.5) is 0 Å². The Morgan fingerprint density at radius 2 is 2.29 bits per heavy atom. The maximum absolute atomic E-state index is 6.05. The summed E-state index contributed by atoms with van der Waals surface area (Å²) < 4.78 is 5.18. The van der Waals surface area contributed by atoms with Gasteiger partial charge < -0.3 is 10.5 Å². The van der Waals surface area contributed by atoms with Crippen molar-refractivity contribution in [1.82, 2.24) is 4.98 Å². The standard InChI is InChI=1S/C11H18N2O/c1-8-4-5-13-7-10(8)11(12)6-9(2)14-3/h4-5,7,9,11H,6,12H2,1-3H3. The number of pyridine rings is 1. The lowest BCUT2D eigenvalue weighted by atomic mass is 10.00. The van der Waals surface area contributed by atoms with Crippen LogP contribution in [0, 0.1) is 6.92 Å². The van der Waals surface area contributed by atoms with Crippen LogP contribution in [0.1, 0.15) is 30.5 Å². The lowest BCUT2D eigenvalue weighted by Gasteiger charge is -2.17. The highest BCUT2D eigenvalue weighted by molar-refractivity contribution is 5.24. The summed E-state index contributed by atoms with van der Waals surface area (Å²) in [5.74, 6) is 0. The molecule has 0 bridgehead atoms. The van der Waals surface area contributed by atoms with Crippen molar-refractivity contribution in [3.63, 3.8) is 0 Å². The molecule has 0 spiro atoms. The first-order chi connectivity index (χ1) is 6.65. The second-order valence-electron chi connectivity index (χ2n) is 3.62. The highest BCUT2D eigenvalue weighted by atomic mass is 16.5. The van der Waals surface area contributed by atoms with Crippen LogP contribution >= 0.6 is 0 Å². The quantitative estimate of drug-likeness (QED) is 0.795. The van der Waals surface area contributed by atoms with E-state index < -0.39 is 0 Å². The number of hydrogen-bond acceptors (Lipinski definition) is 3. The van der Waals surface area contributed by atoms with Gasteiger partial charge in [0, 0.05) is 25.5 Å². The Bertz CT molecular complexity index is 288. The summed E-state index contributed by atoms with van der Waals surface area (Å²) >= 11 is 0. The van der Waals surface area contributed by atoms with Gasteiger partial charge in [-0.05, 0) is 37.5 Å². The molecule has 14 heavy (non-hydrogen) atoms. The van der Waals surface area contributed by atoms with Crippen LogP contribution in [0.25, 0.3) is 0 Å². The smallest absolute Gasteiger partial charge is 0.0561 e. The van der Waals surface area contributed by atoms with Crippen molar-refractivity contribution in [3.8, 4) is 0 Å². The number of rotatable bonds is 4. The Morgan fingerprint density at radius 3 is 2.86 bits per heavy atom. The molecule has 78 valence electrons. The third kappa shape index (κ3) is 2.79. The molecule has 2 N–H and O–H groups in total. The van der Waals surface area contributed by atoms with Crippen molar-refractivity contribution in [2.45, 2.75) is 32.4 Å². The molecule has 0 saturated heterocycles. The number of aromatic nitrogens is 1. The van der Waals surface area contributed by atoms with Gasteiger partial charge in [0.1, 0.15) is 0 Å². The predicted molar refractivity (Wildman–Crippen MR) is 57.0 cm³/mol. The zero-order chi connectivity index (χ0) is 10.6. The first-order valence-corrected chi connectivity index (χ1v) is 4.84. The third-order valence-corrected chi connectivity index (χ3v) is 2.47. The van der Waals surface area contributed by atoms with Crippen molar-refractivity contribution < 1.29 is 4.74 Å². The summed E-state index contributed by atoms with van der Waals surface area (Å²) in [5, 5.41) is 0. The van der Waals surface area contributed by atoms with Gasteiger partial charge in [-0.1, -0.05) is 0 Å². The van der Waals surface area contributed by atoms with Gasteiger partial charge in [-0.2, -0.15) is 0 Å². The Kier molecular flexibility index (Phi) is 4.04. The van der Waals surface area contributed by atoms with E-state index in [0.717, 1.165) is 12.0 Å². The zero-order valence-corrected chi connectivity index (χ0v) is 9.03. The van der Waals surface area contributed by atoms with Gasteiger partial charge in [0.05, 0.1) is 6.10 Å². The van der Waals surface area contributed by atoms with Crippen LogP contribution in [-0.2, 0) is 4.74 Å². The van der Waals surface area contributed by atoms with Gasteiger partial charge in [-0.15, -0.1) is 0 Å². The van der Waals surface area contributed by atoms with E-state index in [2.05, 4.69) is 4.98 Å². The average Bonchev–Trinajstić information content (AvgIpc) is 2.18. The Balaban J connectivity index is 2.69. The van der Waals surface area contributed by atoms with Crippen LogP contribution in [0.3, 0.4) is 0 Å². The molecule has 3 nitrogen and oxygen atoms in total. The monoisotopic (exact) mass is 194 g/mol. The molecule has 1 aromatic rings. The Morgan fingerprint density at radius 1 is 1.57 bits per heavy atom. The summed E-state index contributed by atoms with van der Waals surface area (Å²) in [6, 6.07) is 1.99. The Labute approximate surface area is 85.3 Å². The molecule has 0 radical (unpaired) electrons. The molecule has 0 aliphatic rings. The molecule has 0 amide bonds. The van der Waals surface area contributed by atoms with E-state index in [-0.39, 0.29) is 12.1 Å². The van der Waals surface area contributed by atoms with Crippen molar-refractivity contribution >= 4 is 0 Å². The highest BCUT2D eigenvalue weighted by Gasteiger charge is 2.12. The fraction of sp³-hybridized carbons (Fsp3) is 0.545. The molecule has 1 aromatic heterocycles. The second kappa shape index (κ2) is 5.08. The molecule has 0 fully saturated rings. The van der Waals surface area contributed by atoms with E-state index in [4.69, 9.17) is 10.5 Å². The highest BCUT2D eigenvalue weighted by Crippen LogP contribution is 2.19. The number of nitrogens with two attached hydrogens (primary N) is 1. The molecule has 1 rings (SSSR count). The molecule has 0 aromatic carbocycles. The lowest BCUT2D eigenvalue weighted by Crippen LogP contribution is -2.19. The summed E-state index contributed by atoms with van der Waals surface area (Å²) in [6.45, 7) is 4.07. The second-order valence-corrected chi connectivity index (χ2v) is 3.62. The van der Waals surface area contributed by atoms with Crippen LogP contribution in [0.2, 0.25) is 0 Å². The maximum atomic E-state index is 6.05. The number of ether oxygens (including phenoxy) is 1. The maximum Gasteiger partial charge on any atom is 0.0561 e. The number of aryl methyl sites for hydroxylation is 1. The van der Waals surface area contributed by atoms with Crippen molar-refractivity contribution in [2.24, 2.45) is 5.73 Å². The molecule has 1 heterocycles. The van der Waals surface area contributed by atoms with Crippen molar-refractivity contribution in [2.75, 3.05) is 7.11 Å². The van der Waals surface area contributed by atoms with Gasteiger partial charge in [0.25, 0.3) is 0 Å². The summed E-state index contributed by atoms with van der Waals surface area (Å²) in [5.41, 5.74) is 8.35. The molecule has 2 atom stereocenters. The minimum atomic E-state index is 0.0126. The molecule has 3 heteroatoms. The average molecular weight is 194 g/mol. The molecule has 0 saturated carbocycles. The van der Waals surface area contributed by atoms with Gasteiger partial charge in [-0.3, -0.25) is 4.98 Å². The zero-order valence-electron chi connectivity index (χ0n) is 9.03. The van der Waals surface area contributed by atoms with E-state index >= 15 is 0 Å². The van der Waals surface area contributed by atoms with Crippen molar-refractivity contribution in [1.29, 1.82) is 0 Å². The van der Waals surface area contributed by atoms with Gasteiger partial charge >= 0.3 is 0 Å². The van der Waals surface area contributed by atoms with E-state index in [1.165, 1.54) is 5.56 Å². The van der Waals surface area contributed by atoms with Crippen LogP contribution in [0.15, 0.2) is 18.5 Å². The summed E-state index contributed by atoms with van der Waals surface area (Å²) in [4.78, 5) is 4.08. The predicted octanol–water partition coefficient (Wildman–Crippen LogP) is 1.81. The normalized spacial score (nSPS) is 15.1. The number of methoxy groups -OCH3 is 1. The lowest BCUT2D eigenvalue weighted by molar-refractivity contribution is 0.104. The Hall–Kier alpha value is -0.930. The van der Waals surface area contributed by atoms with E-state index in [0.29, 0.717) is 0 Å². The van der Waals surface area contributed by atoms with Crippen LogP contribution in [-0.4, -0.2) is 18.2 Å². The molecular formula is C11H18N2O. The van der Waals surface area contributed by atoms with Gasteiger partial charge in [-0.25, -0.2) is 0 Å². The first-order valence-electron chi connectivity index (χ1n) is 4.84. The summed E-state index contributed by atoms with van der Waals surface area (Å²) in [6.07, 6.45) is 4.63. The molecular weight excluding hydrogens is 176 g/mol. The van der Waals surface area contributed by atoms with Crippen LogP contribution in [0.5, 0.6) is 0 Å². The minimum absolute atomic E-state index is 0.0126. The number of hydrogen-bond donors (Lipinski definition) is 1. The SMILES string of the molecule is COC(C)CC(N)c1cnccc1C. The minimum Gasteiger partial charge on any atom is -0.382 e. The molecule has 0 aliphatic carbocycles. The molecule has 2 unspecified atom stereocenters. The fourth-order valence-electron chi connectivity index (χ4n) is 1.45. The molecule has 0 aliphatic heterocycles. The summed E-state index contributed by atoms with van der Waals surface area (Å²) in [7, 11) is 1.70.